The zero-order chi connectivity index (χ0) is 10.8. The summed E-state index contributed by atoms with van der Waals surface area (Å²) in [6, 6.07) is 0.823. The molecule has 1 unspecified atom stereocenters. The summed E-state index contributed by atoms with van der Waals surface area (Å²) < 4.78 is 0. The van der Waals surface area contributed by atoms with Gasteiger partial charge in [0.2, 0.25) is 0 Å². The molecule has 0 amide bonds. The summed E-state index contributed by atoms with van der Waals surface area (Å²) in [6.45, 7) is 5.32. The van der Waals surface area contributed by atoms with Crippen LogP contribution in [0.5, 0.6) is 0 Å². The molecule has 2 saturated carbocycles. The Morgan fingerprint density at radius 2 is 1.81 bits per heavy atom. The highest BCUT2D eigenvalue weighted by molar-refractivity contribution is 4.90. The van der Waals surface area contributed by atoms with E-state index >= 15 is 0 Å². The number of nitrogens with one attached hydrogen (secondary N) is 1. The highest BCUT2D eigenvalue weighted by atomic mass is 15.2. The Bertz CT molecular complexity index is 219. The highest BCUT2D eigenvalue weighted by Crippen LogP contribution is 2.34. The molecule has 3 fully saturated rings. The van der Waals surface area contributed by atoms with E-state index in [4.69, 9.17) is 0 Å². The second-order valence-electron chi connectivity index (χ2n) is 6.16. The van der Waals surface area contributed by atoms with Crippen LogP contribution in [-0.4, -0.2) is 37.1 Å². The molecule has 2 nitrogen and oxygen atoms in total. The van der Waals surface area contributed by atoms with Crippen molar-refractivity contribution in [2.24, 2.45) is 11.8 Å². The third-order valence-electron chi connectivity index (χ3n) is 4.69. The van der Waals surface area contributed by atoms with Crippen LogP contribution in [0.15, 0.2) is 0 Å². The lowest BCUT2D eigenvalue weighted by atomic mass is 10.1. The first-order valence-electron chi connectivity index (χ1n) is 7.37. The lowest BCUT2D eigenvalue weighted by Gasteiger charge is -2.26. The molecule has 0 aromatic carbocycles. The average Bonchev–Trinajstić information content (AvgIpc) is 3.03. The zero-order valence-corrected chi connectivity index (χ0v) is 10.5. The van der Waals surface area contributed by atoms with Crippen molar-refractivity contribution in [3.05, 3.63) is 0 Å². The Balaban J connectivity index is 1.51. The Morgan fingerprint density at radius 3 is 2.56 bits per heavy atom. The van der Waals surface area contributed by atoms with E-state index in [9.17, 15) is 0 Å². The van der Waals surface area contributed by atoms with Crippen LogP contribution in [0.2, 0.25) is 0 Å². The molecule has 3 aliphatic rings. The van der Waals surface area contributed by atoms with Gasteiger partial charge in [-0.15, -0.1) is 0 Å². The van der Waals surface area contributed by atoms with Crippen LogP contribution in [0.3, 0.4) is 0 Å². The van der Waals surface area contributed by atoms with Crippen LogP contribution in [0, 0.1) is 11.8 Å². The number of hydrogen-bond acceptors (Lipinski definition) is 2. The van der Waals surface area contributed by atoms with Crippen molar-refractivity contribution in [1.29, 1.82) is 0 Å². The molecule has 0 bridgehead atoms. The molecular weight excluding hydrogens is 196 g/mol. The van der Waals surface area contributed by atoms with Gasteiger partial charge < -0.3 is 10.2 Å². The maximum atomic E-state index is 3.76. The molecule has 16 heavy (non-hydrogen) atoms. The SMILES string of the molecule is C1CCC(CN2CCCNC(C3CC3)C2)C1. The van der Waals surface area contributed by atoms with Gasteiger partial charge in [0.1, 0.15) is 0 Å². The van der Waals surface area contributed by atoms with Crippen LogP contribution in [-0.2, 0) is 0 Å². The van der Waals surface area contributed by atoms with Crippen LogP contribution < -0.4 is 5.32 Å². The van der Waals surface area contributed by atoms with Crippen molar-refractivity contribution in [2.45, 2.75) is 51.0 Å². The summed E-state index contributed by atoms with van der Waals surface area (Å²) in [5.41, 5.74) is 0. The summed E-state index contributed by atoms with van der Waals surface area (Å²) in [7, 11) is 0. The Labute approximate surface area is 99.8 Å². The average molecular weight is 222 g/mol. The van der Waals surface area contributed by atoms with E-state index in [1.54, 1.807) is 0 Å². The minimum atomic E-state index is 0.823. The Hall–Kier alpha value is -0.0800. The first-order chi connectivity index (χ1) is 7.92. The van der Waals surface area contributed by atoms with Crippen LogP contribution in [0.4, 0.5) is 0 Å². The van der Waals surface area contributed by atoms with Crippen molar-refractivity contribution in [2.75, 3.05) is 26.2 Å². The van der Waals surface area contributed by atoms with Gasteiger partial charge in [-0.3, -0.25) is 0 Å². The molecule has 0 spiro atoms. The van der Waals surface area contributed by atoms with Gasteiger partial charge in [-0.25, -0.2) is 0 Å². The van der Waals surface area contributed by atoms with E-state index in [1.165, 1.54) is 71.1 Å². The van der Waals surface area contributed by atoms with Crippen LogP contribution in [0.25, 0.3) is 0 Å². The third kappa shape index (κ3) is 2.78. The summed E-state index contributed by atoms with van der Waals surface area (Å²) in [5.74, 6) is 2.04. The standard InChI is InChI=1S/C14H26N2/c1-2-5-12(4-1)10-16-9-3-8-15-14(11-16)13-6-7-13/h12-15H,1-11H2. The van der Waals surface area contributed by atoms with Crippen LogP contribution in [0.1, 0.15) is 44.9 Å². The Morgan fingerprint density at radius 1 is 1.00 bits per heavy atom. The molecule has 2 aliphatic carbocycles. The van der Waals surface area contributed by atoms with Gasteiger partial charge in [0.05, 0.1) is 0 Å². The normalized spacial score (nSPS) is 34.1. The molecule has 2 heteroatoms. The highest BCUT2D eigenvalue weighted by Gasteiger charge is 2.33. The van der Waals surface area contributed by atoms with Gasteiger partial charge in [0.25, 0.3) is 0 Å². The fourth-order valence-electron chi connectivity index (χ4n) is 3.56. The van der Waals surface area contributed by atoms with Gasteiger partial charge in [0.15, 0.2) is 0 Å². The minimum Gasteiger partial charge on any atom is -0.312 e. The van der Waals surface area contributed by atoms with Crippen molar-refractivity contribution >= 4 is 0 Å². The van der Waals surface area contributed by atoms with Crippen molar-refractivity contribution < 1.29 is 0 Å². The molecule has 92 valence electrons. The monoisotopic (exact) mass is 222 g/mol. The van der Waals surface area contributed by atoms with E-state index in [0.29, 0.717) is 0 Å². The summed E-state index contributed by atoms with van der Waals surface area (Å²) >= 11 is 0. The number of nitrogens with zero attached hydrogens (tertiary/aromatic N) is 1. The first kappa shape index (κ1) is 11.0. The number of hydrogen-bond donors (Lipinski definition) is 1. The van der Waals surface area contributed by atoms with Crippen LogP contribution >= 0.6 is 0 Å². The fraction of sp³-hybridized carbons (Fsp3) is 1.00. The molecule has 1 saturated heterocycles. The molecule has 0 aromatic heterocycles. The van der Waals surface area contributed by atoms with E-state index in [1.807, 2.05) is 0 Å². The molecule has 3 rings (SSSR count). The van der Waals surface area contributed by atoms with Gasteiger partial charge in [-0.1, -0.05) is 12.8 Å². The molecule has 1 aliphatic heterocycles. The molecule has 1 atom stereocenters. The fourth-order valence-corrected chi connectivity index (χ4v) is 3.56. The van der Waals surface area contributed by atoms with Gasteiger partial charge in [0, 0.05) is 19.1 Å². The number of rotatable bonds is 3. The second-order valence-corrected chi connectivity index (χ2v) is 6.16. The smallest absolute Gasteiger partial charge is 0.0223 e. The maximum absolute atomic E-state index is 3.76. The minimum absolute atomic E-state index is 0.823. The van der Waals surface area contributed by atoms with E-state index in [-0.39, 0.29) is 0 Å². The second kappa shape index (κ2) is 5.05. The van der Waals surface area contributed by atoms with E-state index in [0.717, 1.165) is 17.9 Å². The lowest BCUT2D eigenvalue weighted by molar-refractivity contribution is 0.221. The van der Waals surface area contributed by atoms with Gasteiger partial charge in [-0.05, 0) is 57.0 Å². The molecule has 0 aromatic rings. The largest absolute Gasteiger partial charge is 0.312 e. The Kier molecular flexibility index (Phi) is 3.49. The summed E-state index contributed by atoms with van der Waals surface area (Å²) in [5, 5.41) is 3.76. The van der Waals surface area contributed by atoms with E-state index in [2.05, 4.69) is 10.2 Å². The summed E-state index contributed by atoms with van der Waals surface area (Å²) in [4.78, 5) is 2.76. The molecule has 1 heterocycles. The van der Waals surface area contributed by atoms with Gasteiger partial charge in [-0.2, -0.15) is 0 Å². The molecular formula is C14H26N2. The predicted octanol–water partition coefficient (Wildman–Crippen LogP) is 2.25. The van der Waals surface area contributed by atoms with E-state index < -0.39 is 0 Å². The molecule has 0 radical (unpaired) electrons. The first-order valence-corrected chi connectivity index (χ1v) is 7.37. The van der Waals surface area contributed by atoms with Crippen molar-refractivity contribution in [3.8, 4) is 0 Å². The predicted molar refractivity (Wildman–Crippen MR) is 67.5 cm³/mol. The zero-order valence-electron chi connectivity index (χ0n) is 10.5. The van der Waals surface area contributed by atoms with Crippen molar-refractivity contribution in [1.82, 2.24) is 10.2 Å². The quantitative estimate of drug-likeness (QED) is 0.788. The lowest BCUT2D eigenvalue weighted by Crippen LogP contribution is -2.40. The van der Waals surface area contributed by atoms with Gasteiger partial charge >= 0.3 is 0 Å². The van der Waals surface area contributed by atoms with Crippen molar-refractivity contribution in [3.63, 3.8) is 0 Å². The molecule has 1 N–H and O–H groups in total. The third-order valence-corrected chi connectivity index (χ3v) is 4.69. The summed E-state index contributed by atoms with van der Waals surface area (Å²) in [6.07, 6.45) is 10.3. The topological polar surface area (TPSA) is 15.3 Å². The maximum Gasteiger partial charge on any atom is 0.0223 e.